The van der Waals surface area contributed by atoms with Gasteiger partial charge in [-0.3, -0.25) is 4.79 Å². The van der Waals surface area contributed by atoms with Gasteiger partial charge in [-0.1, -0.05) is 19.4 Å². The fraction of sp³-hybridized carbons (Fsp3) is 0.857. The van der Waals surface area contributed by atoms with E-state index in [-0.39, 0.29) is 6.10 Å². The van der Waals surface area contributed by atoms with Crippen molar-refractivity contribution in [3.63, 3.8) is 0 Å². The molecule has 3 saturated carbocycles. The summed E-state index contributed by atoms with van der Waals surface area (Å²) in [6.07, 6.45) is 9.95. The highest BCUT2D eigenvalue weighted by atomic mass is 16.3. The minimum absolute atomic E-state index is 0.164. The molecule has 4 rings (SSSR count). The molecule has 0 aliphatic heterocycles. The van der Waals surface area contributed by atoms with E-state index >= 15 is 0 Å². The van der Waals surface area contributed by atoms with E-state index in [1.807, 2.05) is 13.0 Å². The summed E-state index contributed by atoms with van der Waals surface area (Å²) in [7, 11) is 0. The van der Waals surface area contributed by atoms with Crippen LogP contribution in [0.5, 0.6) is 0 Å². The normalized spacial score (nSPS) is 50.6. The first-order valence-corrected chi connectivity index (χ1v) is 9.83. The standard InChI is InChI=1S/C21H32O2/c1-12-10-14-11-15(23)4-5-16(14)17-8-9-21(3)18(13(2)22)6-7-19(21)20(12)17/h11-13,16-20,22H,4-10H2,1-3H3/t12-,13+,16+,17-,18-,19-,20-,21-/m1/s1. The fourth-order valence-corrected chi connectivity index (χ4v) is 7.42. The molecule has 4 aliphatic carbocycles. The molecule has 2 heteroatoms. The largest absolute Gasteiger partial charge is 0.393 e. The van der Waals surface area contributed by atoms with Gasteiger partial charge in [-0.2, -0.15) is 0 Å². The summed E-state index contributed by atoms with van der Waals surface area (Å²) in [6.45, 7) is 6.90. The van der Waals surface area contributed by atoms with Gasteiger partial charge in [0.2, 0.25) is 0 Å². The zero-order valence-corrected chi connectivity index (χ0v) is 14.9. The number of allylic oxidation sites excluding steroid dienone is 1. The predicted octanol–water partition coefficient (Wildman–Crippen LogP) is 4.37. The molecule has 4 aliphatic rings. The second-order valence-corrected chi connectivity index (χ2v) is 9.33. The van der Waals surface area contributed by atoms with Gasteiger partial charge >= 0.3 is 0 Å². The lowest BCUT2D eigenvalue weighted by Crippen LogP contribution is -2.50. The van der Waals surface area contributed by atoms with Gasteiger partial charge in [0.05, 0.1) is 6.10 Å². The van der Waals surface area contributed by atoms with Crippen molar-refractivity contribution in [2.75, 3.05) is 0 Å². The third-order valence-electron chi connectivity index (χ3n) is 8.30. The quantitative estimate of drug-likeness (QED) is 0.780. The Balaban J connectivity index is 1.65. The van der Waals surface area contributed by atoms with Gasteiger partial charge in [-0.25, -0.2) is 0 Å². The second kappa shape index (κ2) is 5.44. The van der Waals surface area contributed by atoms with Crippen molar-refractivity contribution in [1.82, 2.24) is 0 Å². The van der Waals surface area contributed by atoms with Gasteiger partial charge in [0.25, 0.3) is 0 Å². The molecule has 2 nitrogen and oxygen atoms in total. The maximum atomic E-state index is 11.8. The van der Waals surface area contributed by atoms with Gasteiger partial charge in [0.1, 0.15) is 0 Å². The van der Waals surface area contributed by atoms with Crippen molar-refractivity contribution in [2.24, 2.45) is 40.9 Å². The van der Waals surface area contributed by atoms with Crippen LogP contribution in [0.2, 0.25) is 0 Å². The zero-order valence-electron chi connectivity index (χ0n) is 14.9. The summed E-state index contributed by atoms with van der Waals surface area (Å²) in [6, 6.07) is 0. The van der Waals surface area contributed by atoms with Crippen molar-refractivity contribution < 1.29 is 9.90 Å². The summed E-state index contributed by atoms with van der Waals surface area (Å²) in [4.78, 5) is 11.8. The average Bonchev–Trinajstić information content (AvgIpc) is 2.84. The lowest BCUT2D eigenvalue weighted by Gasteiger charge is -2.56. The van der Waals surface area contributed by atoms with Crippen LogP contribution in [0, 0.1) is 40.9 Å². The number of aliphatic hydroxyl groups excluding tert-OH is 1. The molecule has 23 heavy (non-hydrogen) atoms. The van der Waals surface area contributed by atoms with E-state index in [2.05, 4.69) is 13.8 Å². The molecule has 0 unspecified atom stereocenters. The molecular weight excluding hydrogens is 284 g/mol. The number of hydrogen-bond acceptors (Lipinski definition) is 2. The minimum Gasteiger partial charge on any atom is -0.393 e. The molecule has 0 aromatic rings. The van der Waals surface area contributed by atoms with Crippen LogP contribution in [0.25, 0.3) is 0 Å². The third kappa shape index (κ3) is 2.27. The smallest absolute Gasteiger partial charge is 0.155 e. The van der Waals surface area contributed by atoms with Crippen molar-refractivity contribution in [2.45, 2.75) is 71.8 Å². The Labute approximate surface area is 140 Å². The van der Waals surface area contributed by atoms with Crippen LogP contribution in [-0.2, 0) is 4.79 Å². The highest BCUT2D eigenvalue weighted by Gasteiger charge is 2.58. The maximum absolute atomic E-state index is 11.8. The molecule has 0 heterocycles. The first-order chi connectivity index (χ1) is 10.9. The Kier molecular flexibility index (Phi) is 3.75. The van der Waals surface area contributed by atoms with E-state index in [1.54, 1.807) is 0 Å². The van der Waals surface area contributed by atoms with Gasteiger partial charge in [-0.15, -0.1) is 0 Å². The van der Waals surface area contributed by atoms with Gasteiger partial charge in [-0.05, 0) is 92.4 Å². The van der Waals surface area contributed by atoms with E-state index in [0.29, 0.717) is 29.0 Å². The SMILES string of the molecule is C[C@H](O)[C@H]1CC[C@@H]2[C@H]3[C@H](CC[C@@]21C)[C@H]1CCC(=O)C=C1C[C@H]3C. The molecule has 0 saturated heterocycles. The summed E-state index contributed by atoms with van der Waals surface area (Å²) < 4.78 is 0. The molecular formula is C21H32O2. The molecule has 8 atom stereocenters. The van der Waals surface area contributed by atoms with E-state index in [4.69, 9.17) is 0 Å². The highest BCUT2D eigenvalue weighted by Crippen LogP contribution is 2.65. The van der Waals surface area contributed by atoms with Crippen LogP contribution in [-0.4, -0.2) is 17.0 Å². The number of carbonyl (C=O) groups is 1. The van der Waals surface area contributed by atoms with Crippen molar-refractivity contribution in [3.05, 3.63) is 11.6 Å². The molecule has 3 fully saturated rings. The van der Waals surface area contributed by atoms with Crippen LogP contribution < -0.4 is 0 Å². The monoisotopic (exact) mass is 316 g/mol. The lowest BCUT2D eigenvalue weighted by molar-refractivity contribution is -0.116. The first-order valence-electron chi connectivity index (χ1n) is 9.83. The van der Waals surface area contributed by atoms with Crippen LogP contribution in [0.1, 0.15) is 65.7 Å². The number of fused-ring (bicyclic) bond motifs is 5. The van der Waals surface area contributed by atoms with Crippen LogP contribution in [0.3, 0.4) is 0 Å². The van der Waals surface area contributed by atoms with Crippen molar-refractivity contribution in [3.8, 4) is 0 Å². The Morgan fingerprint density at radius 2 is 2.04 bits per heavy atom. The Bertz CT molecular complexity index is 534. The van der Waals surface area contributed by atoms with Gasteiger partial charge in [0.15, 0.2) is 5.78 Å². The van der Waals surface area contributed by atoms with Crippen molar-refractivity contribution in [1.29, 1.82) is 0 Å². The lowest BCUT2D eigenvalue weighted by atomic mass is 9.48. The van der Waals surface area contributed by atoms with Crippen LogP contribution in [0.4, 0.5) is 0 Å². The third-order valence-corrected chi connectivity index (χ3v) is 8.30. The van der Waals surface area contributed by atoms with E-state index in [9.17, 15) is 9.90 Å². The Morgan fingerprint density at radius 1 is 1.26 bits per heavy atom. The second-order valence-electron chi connectivity index (χ2n) is 9.33. The Hall–Kier alpha value is -0.630. The van der Waals surface area contributed by atoms with E-state index in [0.717, 1.165) is 37.0 Å². The number of rotatable bonds is 1. The predicted molar refractivity (Wildman–Crippen MR) is 91.8 cm³/mol. The number of hydrogen-bond donors (Lipinski definition) is 1. The molecule has 1 N–H and O–H groups in total. The first kappa shape index (κ1) is 15.9. The minimum atomic E-state index is -0.164. The summed E-state index contributed by atoms with van der Waals surface area (Å²) in [5.74, 6) is 4.63. The van der Waals surface area contributed by atoms with Crippen molar-refractivity contribution >= 4 is 5.78 Å². The maximum Gasteiger partial charge on any atom is 0.155 e. The van der Waals surface area contributed by atoms with Gasteiger partial charge in [0, 0.05) is 6.42 Å². The topological polar surface area (TPSA) is 37.3 Å². The van der Waals surface area contributed by atoms with Crippen LogP contribution in [0.15, 0.2) is 11.6 Å². The fourth-order valence-electron chi connectivity index (χ4n) is 7.42. The molecule has 0 bridgehead atoms. The molecule has 0 aromatic heterocycles. The summed E-state index contributed by atoms with van der Waals surface area (Å²) in [5.41, 5.74) is 1.82. The van der Waals surface area contributed by atoms with E-state index in [1.165, 1.54) is 31.3 Å². The molecule has 0 amide bonds. The van der Waals surface area contributed by atoms with Gasteiger partial charge < -0.3 is 5.11 Å². The molecule has 0 aromatic carbocycles. The summed E-state index contributed by atoms with van der Waals surface area (Å²) >= 11 is 0. The number of ketones is 1. The number of carbonyl (C=O) groups excluding carboxylic acids is 1. The zero-order chi connectivity index (χ0) is 16.4. The molecule has 0 spiro atoms. The average molecular weight is 316 g/mol. The van der Waals surface area contributed by atoms with Crippen LogP contribution >= 0.6 is 0 Å². The van der Waals surface area contributed by atoms with E-state index < -0.39 is 0 Å². The summed E-state index contributed by atoms with van der Waals surface area (Å²) in [5, 5.41) is 10.3. The highest BCUT2D eigenvalue weighted by molar-refractivity contribution is 5.91. The Morgan fingerprint density at radius 3 is 2.78 bits per heavy atom. The number of aliphatic hydroxyl groups is 1. The molecule has 0 radical (unpaired) electrons. The molecule has 128 valence electrons.